The van der Waals surface area contributed by atoms with E-state index in [1.165, 1.54) is 29.3 Å². The summed E-state index contributed by atoms with van der Waals surface area (Å²) in [5, 5.41) is 2.38. The number of hydrogen-bond acceptors (Lipinski definition) is 5. The molecular weight excluding hydrogens is 453 g/mol. The number of aryl methyl sites for hydroxylation is 1. The number of amides is 1. The number of rotatable bonds is 8. The Kier molecular flexibility index (Phi) is 6.45. The van der Waals surface area contributed by atoms with E-state index in [0.29, 0.717) is 18.7 Å². The number of halogens is 2. The molecule has 4 rings (SSSR count). The number of aromatic nitrogens is 4. The smallest absolute Gasteiger partial charge is 0.333 e. The van der Waals surface area contributed by atoms with Crippen molar-refractivity contribution in [2.45, 2.75) is 39.4 Å². The van der Waals surface area contributed by atoms with E-state index >= 15 is 0 Å². The van der Waals surface area contributed by atoms with Crippen LogP contribution in [0.1, 0.15) is 25.5 Å². The SMILES string of the molecule is CCCCn1c(=O)n(CC(=O)Nc2ccc(F)c(Cl)c2)c(=O)c2c1ncn2Cc1ccco1. The fourth-order valence-corrected chi connectivity index (χ4v) is 3.68. The predicted octanol–water partition coefficient (Wildman–Crippen LogP) is 3.23. The highest BCUT2D eigenvalue weighted by Gasteiger charge is 2.20. The average Bonchev–Trinajstić information content (AvgIpc) is 3.44. The zero-order chi connectivity index (χ0) is 23.5. The fourth-order valence-electron chi connectivity index (χ4n) is 3.50. The summed E-state index contributed by atoms with van der Waals surface area (Å²) in [6.45, 7) is 2.04. The maximum absolute atomic E-state index is 13.4. The third-order valence-corrected chi connectivity index (χ3v) is 5.42. The molecule has 0 unspecified atom stereocenters. The van der Waals surface area contributed by atoms with Gasteiger partial charge >= 0.3 is 5.69 Å². The van der Waals surface area contributed by atoms with Gasteiger partial charge in [0.15, 0.2) is 11.2 Å². The number of fused-ring (bicyclic) bond motifs is 1. The number of carbonyl (C=O) groups is 1. The number of carbonyl (C=O) groups excluding carboxylic acids is 1. The highest BCUT2D eigenvalue weighted by molar-refractivity contribution is 6.31. The summed E-state index contributed by atoms with van der Waals surface area (Å²) in [4.78, 5) is 43.3. The Hall–Kier alpha value is -3.66. The molecule has 0 aliphatic carbocycles. The van der Waals surface area contributed by atoms with Crippen molar-refractivity contribution >= 4 is 34.4 Å². The number of imidazole rings is 1. The fraction of sp³-hybridized carbons (Fsp3) is 0.273. The highest BCUT2D eigenvalue weighted by Crippen LogP contribution is 2.19. The first-order valence-corrected chi connectivity index (χ1v) is 10.7. The Morgan fingerprint density at radius 3 is 2.76 bits per heavy atom. The molecule has 4 aromatic rings. The van der Waals surface area contributed by atoms with E-state index < -0.39 is 29.5 Å². The summed E-state index contributed by atoms with van der Waals surface area (Å²) in [7, 11) is 0. The van der Waals surface area contributed by atoms with Gasteiger partial charge < -0.3 is 14.3 Å². The number of furan rings is 1. The Morgan fingerprint density at radius 1 is 1.24 bits per heavy atom. The van der Waals surface area contributed by atoms with Crippen LogP contribution in [-0.4, -0.2) is 24.6 Å². The highest BCUT2D eigenvalue weighted by atomic mass is 35.5. The molecule has 0 fully saturated rings. The third-order valence-electron chi connectivity index (χ3n) is 5.13. The number of nitrogens with one attached hydrogen (secondary N) is 1. The maximum Gasteiger partial charge on any atom is 0.333 e. The lowest BCUT2D eigenvalue weighted by Gasteiger charge is -2.12. The van der Waals surface area contributed by atoms with E-state index in [-0.39, 0.29) is 28.4 Å². The summed E-state index contributed by atoms with van der Waals surface area (Å²) in [6.07, 6.45) is 4.52. The molecule has 0 atom stereocenters. The van der Waals surface area contributed by atoms with Crippen LogP contribution in [-0.2, 0) is 24.4 Å². The van der Waals surface area contributed by atoms with E-state index in [0.717, 1.165) is 17.1 Å². The molecule has 0 aliphatic rings. The lowest BCUT2D eigenvalue weighted by Crippen LogP contribution is -2.43. The van der Waals surface area contributed by atoms with Gasteiger partial charge in [-0.05, 0) is 36.8 Å². The van der Waals surface area contributed by atoms with Crippen LogP contribution in [0.25, 0.3) is 11.2 Å². The van der Waals surface area contributed by atoms with Gasteiger partial charge in [0.2, 0.25) is 5.91 Å². The van der Waals surface area contributed by atoms with Crippen molar-refractivity contribution in [3.05, 3.63) is 80.4 Å². The number of nitrogens with zero attached hydrogens (tertiary/aromatic N) is 4. The summed E-state index contributed by atoms with van der Waals surface area (Å²) >= 11 is 5.75. The van der Waals surface area contributed by atoms with Crippen molar-refractivity contribution < 1.29 is 13.6 Å². The molecule has 1 aromatic carbocycles. The van der Waals surface area contributed by atoms with Gasteiger partial charge in [0.1, 0.15) is 18.1 Å². The molecule has 9 nitrogen and oxygen atoms in total. The Bertz CT molecular complexity index is 1420. The zero-order valence-corrected chi connectivity index (χ0v) is 18.5. The number of benzene rings is 1. The van der Waals surface area contributed by atoms with E-state index in [1.807, 2.05) is 6.92 Å². The molecule has 0 radical (unpaired) electrons. The molecule has 3 heterocycles. The van der Waals surface area contributed by atoms with Crippen LogP contribution in [0.3, 0.4) is 0 Å². The second-order valence-corrected chi connectivity index (χ2v) is 7.89. The van der Waals surface area contributed by atoms with Gasteiger partial charge in [-0.15, -0.1) is 0 Å². The lowest BCUT2D eigenvalue weighted by atomic mass is 10.3. The van der Waals surface area contributed by atoms with Gasteiger partial charge in [-0.3, -0.25) is 14.2 Å². The molecule has 172 valence electrons. The Balaban J connectivity index is 1.74. The standard InChI is InChI=1S/C22H21ClFN5O4/c1-2-3-8-28-20-19(27(13-25-20)11-15-5-4-9-33-15)21(31)29(22(28)32)12-18(30)26-14-6-7-17(24)16(23)10-14/h4-7,9-10,13H,2-3,8,11-12H2,1H3,(H,26,30). The first-order valence-electron chi connectivity index (χ1n) is 10.3. The minimum atomic E-state index is -0.640. The maximum atomic E-state index is 13.4. The first-order chi connectivity index (χ1) is 15.9. The van der Waals surface area contributed by atoms with Crippen molar-refractivity contribution in [1.82, 2.24) is 18.7 Å². The lowest BCUT2D eigenvalue weighted by molar-refractivity contribution is -0.116. The summed E-state index contributed by atoms with van der Waals surface area (Å²) in [5.74, 6) is -0.646. The monoisotopic (exact) mass is 473 g/mol. The van der Waals surface area contributed by atoms with Crippen LogP contribution in [0.2, 0.25) is 5.02 Å². The molecule has 11 heteroatoms. The van der Waals surface area contributed by atoms with E-state index in [4.69, 9.17) is 16.0 Å². The topological polar surface area (TPSA) is 104 Å². The molecule has 1 amide bonds. The largest absolute Gasteiger partial charge is 0.467 e. The molecule has 0 bridgehead atoms. The molecular formula is C22H21ClFN5O4. The average molecular weight is 474 g/mol. The second kappa shape index (κ2) is 9.45. The van der Waals surface area contributed by atoms with Crippen molar-refractivity contribution in [3.8, 4) is 0 Å². The zero-order valence-electron chi connectivity index (χ0n) is 17.8. The van der Waals surface area contributed by atoms with Crippen molar-refractivity contribution in [3.63, 3.8) is 0 Å². The van der Waals surface area contributed by atoms with Crippen LogP contribution >= 0.6 is 11.6 Å². The Morgan fingerprint density at radius 2 is 2.06 bits per heavy atom. The van der Waals surface area contributed by atoms with Gasteiger partial charge in [-0.25, -0.2) is 18.7 Å². The normalized spacial score (nSPS) is 11.2. The first kappa shape index (κ1) is 22.5. The Labute approximate surface area is 192 Å². The van der Waals surface area contributed by atoms with Crippen LogP contribution in [0, 0.1) is 5.82 Å². The summed E-state index contributed by atoms with van der Waals surface area (Å²) < 4.78 is 22.6. The molecule has 33 heavy (non-hydrogen) atoms. The molecule has 3 aromatic heterocycles. The number of anilines is 1. The van der Waals surface area contributed by atoms with Gasteiger partial charge in [0.05, 0.1) is 24.2 Å². The van der Waals surface area contributed by atoms with E-state index in [1.54, 1.807) is 16.7 Å². The van der Waals surface area contributed by atoms with E-state index in [2.05, 4.69) is 10.3 Å². The van der Waals surface area contributed by atoms with Crippen LogP contribution < -0.4 is 16.6 Å². The van der Waals surface area contributed by atoms with Gasteiger partial charge in [-0.1, -0.05) is 24.9 Å². The summed E-state index contributed by atoms with van der Waals surface area (Å²) in [6, 6.07) is 7.19. The van der Waals surface area contributed by atoms with Gasteiger partial charge in [0.25, 0.3) is 5.56 Å². The van der Waals surface area contributed by atoms with Crippen LogP contribution in [0.5, 0.6) is 0 Å². The molecule has 0 saturated carbocycles. The second-order valence-electron chi connectivity index (χ2n) is 7.48. The van der Waals surface area contributed by atoms with Gasteiger partial charge in [-0.2, -0.15) is 0 Å². The molecule has 1 N–H and O–H groups in total. The minimum absolute atomic E-state index is 0.157. The van der Waals surface area contributed by atoms with Crippen molar-refractivity contribution in [2.75, 3.05) is 5.32 Å². The summed E-state index contributed by atoms with van der Waals surface area (Å²) in [5.41, 5.74) is -0.572. The third kappa shape index (κ3) is 4.61. The van der Waals surface area contributed by atoms with Crippen molar-refractivity contribution in [2.24, 2.45) is 0 Å². The van der Waals surface area contributed by atoms with Gasteiger partial charge in [0, 0.05) is 12.2 Å². The molecule has 0 spiro atoms. The minimum Gasteiger partial charge on any atom is -0.467 e. The van der Waals surface area contributed by atoms with Crippen LogP contribution in [0.4, 0.5) is 10.1 Å². The predicted molar refractivity (Wildman–Crippen MR) is 121 cm³/mol. The quantitative estimate of drug-likeness (QED) is 0.423. The number of hydrogen-bond donors (Lipinski definition) is 1. The molecule has 0 aliphatic heterocycles. The molecule has 0 saturated heterocycles. The number of unbranched alkanes of at least 4 members (excludes halogenated alkanes) is 1. The van der Waals surface area contributed by atoms with Crippen LogP contribution in [0.15, 0.2) is 56.9 Å². The van der Waals surface area contributed by atoms with Crippen molar-refractivity contribution in [1.29, 1.82) is 0 Å². The van der Waals surface area contributed by atoms with E-state index in [9.17, 15) is 18.8 Å².